The second-order valence-corrected chi connectivity index (χ2v) is 6.83. The largest absolute Gasteiger partial charge is 0.460 e. The molecule has 0 saturated carbocycles. The van der Waals surface area contributed by atoms with Crippen molar-refractivity contribution in [2.24, 2.45) is 5.84 Å². The van der Waals surface area contributed by atoms with E-state index in [1.165, 1.54) is 0 Å². The van der Waals surface area contributed by atoms with Crippen molar-refractivity contribution in [2.45, 2.75) is 71.6 Å². The second-order valence-electron chi connectivity index (χ2n) is 6.83. The highest BCUT2D eigenvalue weighted by molar-refractivity contribution is 5.84. The van der Waals surface area contributed by atoms with Gasteiger partial charge in [-0.05, 0) is 48.0 Å². The molecule has 8 nitrogen and oxygen atoms in total. The molecule has 0 radical (unpaired) electrons. The number of ether oxygens (including phenoxy) is 2. The summed E-state index contributed by atoms with van der Waals surface area (Å²) in [5, 5.41) is 2.35. The maximum absolute atomic E-state index is 12.1. The Morgan fingerprint density at radius 2 is 1.50 bits per heavy atom. The van der Waals surface area contributed by atoms with Crippen LogP contribution >= 0.6 is 0 Å². The number of hydrogen-bond acceptors (Lipinski definition) is 6. The summed E-state index contributed by atoms with van der Waals surface area (Å²) in [6.45, 7) is 10.4. The summed E-state index contributed by atoms with van der Waals surface area (Å²) < 4.78 is 10.4. The minimum atomic E-state index is -0.990. The normalized spacial score (nSPS) is 13.0. The summed E-state index contributed by atoms with van der Waals surface area (Å²) in [7, 11) is 0. The highest BCUT2D eigenvalue weighted by Crippen LogP contribution is 2.13. The maximum atomic E-state index is 12.1. The SMILES string of the molecule is CC(C)(C)OC(=O)CCC(NC(=O)NN)C(=O)OC(C)(C)C. The van der Waals surface area contributed by atoms with E-state index in [1.807, 2.05) is 5.43 Å². The van der Waals surface area contributed by atoms with Crippen LogP contribution in [0.3, 0.4) is 0 Å². The summed E-state index contributed by atoms with van der Waals surface area (Å²) in [6.07, 6.45) is 0.0171. The average Bonchev–Trinajstić information content (AvgIpc) is 2.29. The Morgan fingerprint density at radius 1 is 1.00 bits per heavy atom. The fraction of sp³-hybridized carbons (Fsp3) is 0.786. The number of carbonyl (C=O) groups excluding carboxylic acids is 3. The van der Waals surface area contributed by atoms with Gasteiger partial charge in [-0.25, -0.2) is 15.4 Å². The van der Waals surface area contributed by atoms with Gasteiger partial charge in [0, 0.05) is 6.42 Å². The summed E-state index contributed by atoms with van der Waals surface area (Å²) >= 11 is 0. The Labute approximate surface area is 131 Å². The van der Waals surface area contributed by atoms with E-state index in [-0.39, 0.29) is 12.8 Å². The van der Waals surface area contributed by atoms with Crippen LogP contribution in [0.15, 0.2) is 0 Å². The summed E-state index contributed by atoms with van der Waals surface area (Å²) in [5.74, 6) is 3.88. The predicted octanol–water partition coefficient (Wildman–Crippen LogP) is 0.992. The minimum absolute atomic E-state index is 0.0357. The smallest absolute Gasteiger partial charge is 0.329 e. The molecule has 0 aromatic rings. The van der Waals surface area contributed by atoms with Crippen LogP contribution in [0.5, 0.6) is 0 Å². The van der Waals surface area contributed by atoms with Crippen molar-refractivity contribution in [1.82, 2.24) is 10.7 Å². The molecule has 4 N–H and O–H groups in total. The van der Waals surface area contributed by atoms with E-state index in [9.17, 15) is 14.4 Å². The zero-order chi connectivity index (χ0) is 17.6. The molecule has 0 heterocycles. The highest BCUT2D eigenvalue weighted by Gasteiger charge is 2.28. The van der Waals surface area contributed by atoms with Crippen molar-refractivity contribution in [3.63, 3.8) is 0 Å². The van der Waals surface area contributed by atoms with Gasteiger partial charge in [0.15, 0.2) is 0 Å². The number of nitrogens with two attached hydrogens (primary N) is 1. The molecule has 128 valence electrons. The number of nitrogens with one attached hydrogen (secondary N) is 2. The van der Waals surface area contributed by atoms with Crippen molar-refractivity contribution in [2.75, 3.05) is 0 Å². The van der Waals surface area contributed by atoms with E-state index in [1.54, 1.807) is 41.5 Å². The number of hydrogen-bond donors (Lipinski definition) is 3. The molecule has 0 fully saturated rings. The number of hydrazine groups is 1. The molecule has 1 unspecified atom stereocenters. The highest BCUT2D eigenvalue weighted by atomic mass is 16.6. The lowest BCUT2D eigenvalue weighted by Gasteiger charge is -2.25. The van der Waals surface area contributed by atoms with Crippen molar-refractivity contribution in [1.29, 1.82) is 0 Å². The predicted molar refractivity (Wildman–Crippen MR) is 80.6 cm³/mol. The van der Waals surface area contributed by atoms with Crippen molar-refractivity contribution in [3.05, 3.63) is 0 Å². The first-order chi connectivity index (χ1) is 9.84. The monoisotopic (exact) mass is 317 g/mol. The van der Waals surface area contributed by atoms with Crippen LogP contribution < -0.4 is 16.6 Å². The van der Waals surface area contributed by atoms with Gasteiger partial charge in [-0.2, -0.15) is 0 Å². The van der Waals surface area contributed by atoms with Gasteiger partial charge >= 0.3 is 18.0 Å². The lowest BCUT2D eigenvalue weighted by molar-refractivity contribution is -0.158. The number of esters is 2. The molecule has 0 aliphatic rings. The van der Waals surface area contributed by atoms with E-state index < -0.39 is 35.2 Å². The molecule has 1 atom stereocenters. The topological polar surface area (TPSA) is 120 Å². The van der Waals surface area contributed by atoms with Crippen molar-refractivity contribution in [3.8, 4) is 0 Å². The molecule has 0 aliphatic carbocycles. The van der Waals surface area contributed by atoms with Crippen LogP contribution in [0.4, 0.5) is 4.79 Å². The van der Waals surface area contributed by atoms with Gasteiger partial charge in [0.2, 0.25) is 0 Å². The quantitative estimate of drug-likeness (QED) is 0.301. The van der Waals surface area contributed by atoms with Gasteiger partial charge in [0.05, 0.1) is 0 Å². The lowest BCUT2D eigenvalue weighted by Crippen LogP contribution is -2.50. The van der Waals surface area contributed by atoms with Crippen LogP contribution in [0.25, 0.3) is 0 Å². The van der Waals surface area contributed by atoms with Gasteiger partial charge in [0.1, 0.15) is 17.2 Å². The van der Waals surface area contributed by atoms with Crippen LogP contribution in [0, 0.1) is 0 Å². The Balaban J connectivity index is 4.70. The zero-order valence-corrected chi connectivity index (χ0v) is 14.1. The fourth-order valence-corrected chi connectivity index (χ4v) is 1.48. The van der Waals surface area contributed by atoms with Gasteiger partial charge in [-0.15, -0.1) is 0 Å². The number of rotatable bonds is 5. The molecule has 22 heavy (non-hydrogen) atoms. The van der Waals surface area contributed by atoms with Crippen molar-refractivity contribution >= 4 is 18.0 Å². The zero-order valence-electron chi connectivity index (χ0n) is 14.1. The van der Waals surface area contributed by atoms with Gasteiger partial charge in [0.25, 0.3) is 0 Å². The van der Waals surface area contributed by atoms with E-state index in [4.69, 9.17) is 15.3 Å². The summed E-state index contributed by atoms with van der Waals surface area (Å²) in [6, 6.07) is -1.73. The van der Waals surface area contributed by atoms with Gasteiger partial charge in [-0.3, -0.25) is 10.2 Å². The minimum Gasteiger partial charge on any atom is -0.460 e. The molecule has 0 spiro atoms. The Bertz CT molecular complexity index is 410. The van der Waals surface area contributed by atoms with E-state index in [0.29, 0.717) is 0 Å². The summed E-state index contributed by atoms with van der Waals surface area (Å²) in [4.78, 5) is 35.0. The third kappa shape index (κ3) is 9.98. The van der Waals surface area contributed by atoms with Crippen LogP contribution in [-0.2, 0) is 19.1 Å². The Kier molecular flexibility index (Phi) is 7.31. The van der Waals surface area contributed by atoms with Crippen LogP contribution in [0.2, 0.25) is 0 Å². The molecular weight excluding hydrogens is 290 g/mol. The molecule has 0 aromatic heterocycles. The molecule has 0 aromatic carbocycles. The molecule has 8 heteroatoms. The first-order valence-electron chi connectivity index (χ1n) is 7.06. The molecule has 0 bridgehead atoms. The van der Waals surface area contributed by atoms with E-state index in [0.717, 1.165) is 0 Å². The third-order valence-electron chi connectivity index (χ3n) is 2.18. The van der Waals surface area contributed by atoms with Gasteiger partial charge < -0.3 is 14.8 Å². The van der Waals surface area contributed by atoms with Crippen LogP contribution in [0.1, 0.15) is 54.4 Å². The number of amides is 2. The Hall–Kier alpha value is -1.83. The van der Waals surface area contributed by atoms with E-state index >= 15 is 0 Å². The molecule has 0 saturated heterocycles. The molecule has 0 aliphatic heterocycles. The lowest BCUT2D eigenvalue weighted by atomic mass is 10.1. The molecule has 2 amide bonds. The van der Waals surface area contributed by atoms with Gasteiger partial charge in [-0.1, -0.05) is 0 Å². The second kappa shape index (κ2) is 7.98. The Morgan fingerprint density at radius 3 is 1.91 bits per heavy atom. The fourth-order valence-electron chi connectivity index (χ4n) is 1.48. The first-order valence-corrected chi connectivity index (χ1v) is 7.06. The van der Waals surface area contributed by atoms with Crippen molar-refractivity contribution < 1.29 is 23.9 Å². The molecular formula is C14H27N3O5. The maximum Gasteiger partial charge on any atom is 0.329 e. The molecule has 0 rings (SSSR count). The number of carbonyl (C=O) groups is 3. The summed E-state index contributed by atoms with van der Waals surface area (Å²) in [5.41, 5.74) is 0.548. The number of urea groups is 1. The van der Waals surface area contributed by atoms with Crippen LogP contribution in [-0.4, -0.2) is 35.2 Å². The third-order valence-corrected chi connectivity index (χ3v) is 2.18. The first kappa shape index (κ1) is 20.2. The van der Waals surface area contributed by atoms with E-state index in [2.05, 4.69) is 5.32 Å². The average molecular weight is 317 g/mol. The standard InChI is InChI=1S/C14H27N3O5/c1-13(2,3)21-10(18)8-7-9(16-12(20)17-15)11(19)22-14(4,5)6/h9H,7-8,15H2,1-6H3,(H2,16,17,20).